The van der Waals surface area contributed by atoms with E-state index in [4.69, 9.17) is 9.07 Å². The molecule has 0 aromatic heterocycles. The first kappa shape index (κ1) is 27.4. The highest BCUT2D eigenvalue weighted by Gasteiger charge is 2.18. The molecule has 1 aromatic carbocycles. The first-order chi connectivity index (χ1) is 15.0. The lowest BCUT2D eigenvalue weighted by atomic mass is 10.1. The van der Waals surface area contributed by atoms with Crippen LogP contribution in [0.25, 0.3) is 0 Å². The van der Waals surface area contributed by atoms with E-state index in [1.165, 1.54) is 71.3 Å². The number of phenols is 1. The van der Waals surface area contributed by atoms with Crippen molar-refractivity contribution >= 4 is 22.9 Å². The van der Waals surface area contributed by atoms with Crippen LogP contribution >= 0.6 is 0 Å². The van der Waals surface area contributed by atoms with Crippen LogP contribution in [0.5, 0.6) is 5.75 Å². The number of anilines is 1. The van der Waals surface area contributed by atoms with E-state index in [9.17, 15) is 14.1 Å². The molecule has 0 aliphatic heterocycles. The second-order valence-electron chi connectivity index (χ2n) is 7.29. The zero-order valence-electron chi connectivity index (χ0n) is 18.9. The minimum Gasteiger partial charge on any atom is -0.507 e. The molecule has 2 N–H and O–H groups in total. The fraction of sp³-hybridized carbons (Fsp3) is 0.682. The number of hydrogen-bond acceptors (Lipinski definition) is 7. The SMILES string of the molecule is CCCCCCCCCCCCOS(=O)Nc1cc(COOC)c(O)c(C(=O)OC)c1. The average molecular weight is 460 g/mol. The molecule has 0 saturated carbocycles. The van der Waals surface area contributed by atoms with Gasteiger partial charge in [0.25, 0.3) is 11.3 Å². The van der Waals surface area contributed by atoms with Gasteiger partial charge in [-0.25, -0.2) is 18.8 Å². The molecule has 0 bridgehead atoms. The maximum Gasteiger partial charge on any atom is 0.341 e. The predicted molar refractivity (Wildman–Crippen MR) is 121 cm³/mol. The molecule has 9 heteroatoms. The third-order valence-electron chi connectivity index (χ3n) is 4.82. The summed E-state index contributed by atoms with van der Waals surface area (Å²) in [6.07, 6.45) is 12.1. The van der Waals surface area contributed by atoms with Gasteiger partial charge in [0.05, 0.1) is 20.8 Å². The molecule has 1 atom stereocenters. The molecular weight excluding hydrogens is 422 g/mol. The number of esters is 1. The molecule has 8 nitrogen and oxygen atoms in total. The molecular formula is C22H37NO7S. The molecule has 0 aliphatic carbocycles. The number of carbonyl (C=O) groups is 1. The van der Waals surface area contributed by atoms with E-state index < -0.39 is 17.2 Å². The number of nitrogens with one attached hydrogen (secondary N) is 1. The maximum absolute atomic E-state index is 12.2. The average Bonchev–Trinajstić information content (AvgIpc) is 2.77. The Bertz CT molecular complexity index is 670. The Morgan fingerprint density at radius 2 is 1.61 bits per heavy atom. The van der Waals surface area contributed by atoms with Gasteiger partial charge in [-0.1, -0.05) is 64.7 Å². The minimum atomic E-state index is -1.78. The number of unbranched alkanes of at least 4 members (excludes halogenated alkanes) is 9. The highest BCUT2D eigenvalue weighted by atomic mass is 32.2. The van der Waals surface area contributed by atoms with Crippen molar-refractivity contribution in [2.45, 2.75) is 77.7 Å². The highest BCUT2D eigenvalue weighted by molar-refractivity contribution is 7.81. The van der Waals surface area contributed by atoms with Crippen molar-refractivity contribution < 1.29 is 32.8 Å². The lowest BCUT2D eigenvalue weighted by Crippen LogP contribution is -2.11. The Morgan fingerprint density at radius 1 is 1.00 bits per heavy atom. The number of hydrogen-bond donors (Lipinski definition) is 2. The van der Waals surface area contributed by atoms with Gasteiger partial charge >= 0.3 is 5.97 Å². The van der Waals surface area contributed by atoms with Crippen LogP contribution in [-0.4, -0.2) is 36.1 Å². The summed E-state index contributed by atoms with van der Waals surface area (Å²) in [5, 5.41) is 10.2. The molecule has 0 saturated heterocycles. The molecule has 1 aromatic rings. The number of aromatic hydroxyl groups is 1. The topological polar surface area (TPSA) is 103 Å². The second kappa shape index (κ2) is 16.9. The normalized spacial score (nSPS) is 12.0. The number of benzene rings is 1. The largest absolute Gasteiger partial charge is 0.507 e. The molecule has 0 fully saturated rings. The van der Waals surface area contributed by atoms with Gasteiger partial charge in [-0.2, -0.15) is 0 Å². The summed E-state index contributed by atoms with van der Waals surface area (Å²) in [4.78, 5) is 21.3. The van der Waals surface area contributed by atoms with Gasteiger partial charge in [-0.05, 0) is 18.6 Å². The first-order valence-corrected chi connectivity index (χ1v) is 12.0. The van der Waals surface area contributed by atoms with Gasteiger partial charge in [0.15, 0.2) is 0 Å². The summed E-state index contributed by atoms with van der Waals surface area (Å²) in [6, 6.07) is 2.85. The van der Waals surface area contributed by atoms with Gasteiger partial charge < -0.3 is 9.84 Å². The number of phenolic OH excluding ortho intramolecular Hbond substituents is 1. The molecule has 1 unspecified atom stereocenters. The second-order valence-corrected chi connectivity index (χ2v) is 8.20. The van der Waals surface area contributed by atoms with Gasteiger partial charge in [0, 0.05) is 11.3 Å². The lowest BCUT2D eigenvalue weighted by molar-refractivity contribution is -0.282. The smallest absolute Gasteiger partial charge is 0.341 e. The Morgan fingerprint density at radius 3 is 2.19 bits per heavy atom. The van der Waals surface area contributed by atoms with Crippen molar-refractivity contribution in [3.05, 3.63) is 23.3 Å². The van der Waals surface area contributed by atoms with E-state index in [1.807, 2.05) is 0 Å². The van der Waals surface area contributed by atoms with E-state index in [0.29, 0.717) is 12.3 Å². The van der Waals surface area contributed by atoms with Crippen LogP contribution in [0.4, 0.5) is 5.69 Å². The predicted octanol–water partition coefficient (Wildman–Crippen LogP) is 5.18. The Balaban J connectivity index is 2.38. The Labute approximate surface area is 188 Å². The minimum absolute atomic E-state index is 0.0751. The number of methoxy groups -OCH3 is 1. The summed E-state index contributed by atoms with van der Waals surface area (Å²) < 4.78 is 24.8. The highest BCUT2D eigenvalue weighted by Crippen LogP contribution is 2.29. The van der Waals surface area contributed by atoms with Gasteiger partial charge in [0.2, 0.25) is 0 Å². The van der Waals surface area contributed by atoms with Crippen LogP contribution in [-0.2, 0) is 36.6 Å². The molecule has 31 heavy (non-hydrogen) atoms. The van der Waals surface area contributed by atoms with E-state index >= 15 is 0 Å². The van der Waals surface area contributed by atoms with Gasteiger partial charge in [-0.15, -0.1) is 0 Å². The van der Waals surface area contributed by atoms with Crippen LogP contribution < -0.4 is 4.72 Å². The summed E-state index contributed by atoms with van der Waals surface area (Å²) in [7, 11) is 2.54. The Hall–Kier alpha value is -1.68. The number of ether oxygens (including phenoxy) is 1. The quantitative estimate of drug-likeness (QED) is 0.102. The zero-order valence-corrected chi connectivity index (χ0v) is 19.8. The fourth-order valence-electron chi connectivity index (χ4n) is 3.10. The summed E-state index contributed by atoms with van der Waals surface area (Å²) in [6.45, 7) is 2.50. The summed E-state index contributed by atoms with van der Waals surface area (Å²) >= 11 is -1.78. The van der Waals surface area contributed by atoms with E-state index in [2.05, 4.69) is 21.3 Å². The Kier molecular flexibility index (Phi) is 15.0. The maximum atomic E-state index is 12.2. The van der Waals surface area contributed by atoms with E-state index in [-0.39, 0.29) is 23.5 Å². The molecule has 0 spiro atoms. The molecule has 1 rings (SSSR count). The number of carbonyl (C=O) groups excluding carboxylic acids is 1. The lowest BCUT2D eigenvalue weighted by Gasteiger charge is -2.12. The van der Waals surface area contributed by atoms with Crippen molar-refractivity contribution in [1.29, 1.82) is 0 Å². The third-order valence-corrected chi connectivity index (χ3v) is 5.60. The van der Waals surface area contributed by atoms with E-state index in [0.717, 1.165) is 19.3 Å². The van der Waals surface area contributed by atoms with Crippen LogP contribution in [0.15, 0.2) is 12.1 Å². The molecule has 0 radical (unpaired) electrons. The van der Waals surface area contributed by atoms with Crippen molar-refractivity contribution in [3.63, 3.8) is 0 Å². The van der Waals surface area contributed by atoms with Crippen LogP contribution in [0.1, 0.15) is 87.1 Å². The van der Waals surface area contributed by atoms with Crippen LogP contribution in [0, 0.1) is 0 Å². The molecule has 0 amide bonds. The summed E-state index contributed by atoms with van der Waals surface area (Å²) in [5.41, 5.74) is 0.530. The fourth-order valence-corrected chi connectivity index (χ4v) is 3.74. The zero-order chi connectivity index (χ0) is 22.9. The monoisotopic (exact) mass is 459 g/mol. The molecule has 178 valence electrons. The number of rotatable bonds is 18. The molecule has 0 aliphatic rings. The van der Waals surface area contributed by atoms with Crippen molar-refractivity contribution in [1.82, 2.24) is 0 Å². The van der Waals surface area contributed by atoms with Crippen molar-refractivity contribution in [2.75, 3.05) is 25.5 Å². The van der Waals surface area contributed by atoms with Crippen molar-refractivity contribution in [2.24, 2.45) is 0 Å². The van der Waals surface area contributed by atoms with Crippen molar-refractivity contribution in [3.8, 4) is 5.75 Å². The summed E-state index contributed by atoms with van der Waals surface area (Å²) in [5.74, 6) is -1.01. The van der Waals surface area contributed by atoms with Crippen LogP contribution in [0.3, 0.4) is 0 Å². The van der Waals surface area contributed by atoms with Crippen LogP contribution in [0.2, 0.25) is 0 Å². The van der Waals surface area contributed by atoms with Gasteiger partial charge in [-0.3, -0.25) is 8.91 Å². The van der Waals surface area contributed by atoms with Gasteiger partial charge in [0.1, 0.15) is 17.9 Å². The molecule has 0 heterocycles. The van der Waals surface area contributed by atoms with E-state index in [1.54, 1.807) is 0 Å². The first-order valence-electron chi connectivity index (χ1n) is 10.9. The third kappa shape index (κ3) is 11.5. The standard InChI is InChI=1S/C22H37NO7S/c1-4-5-6-7-8-9-10-11-12-13-14-30-31(26)23-19-15-18(17-29-28-3)21(24)20(16-19)22(25)27-2/h15-16,23-24H,4-14,17H2,1-3H3.